The van der Waals surface area contributed by atoms with E-state index in [-0.39, 0.29) is 11.7 Å². The van der Waals surface area contributed by atoms with Gasteiger partial charge in [-0.05, 0) is 47.5 Å². The molecule has 104 valence electrons. The van der Waals surface area contributed by atoms with E-state index in [1.54, 1.807) is 25.1 Å². The normalized spacial score (nSPS) is 10.6. The van der Waals surface area contributed by atoms with Gasteiger partial charge in [0.05, 0.1) is 0 Å². The summed E-state index contributed by atoms with van der Waals surface area (Å²) in [5.74, 6) is -0.476. The number of fused-ring (bicyclic) bond motifs is 1. The first-order valence-electron chi connectivity index (χ1n) is 6.70. The van der Waals surface area contributed by atoms with Crippen LogP contribution in [0.2, 0.25) is 0 Å². The largest absolute Gasteiger partial charge is 0.322 e. The molecule has 0 heterocycles. The number of amides is 1. The molecule has 0 bridgehead atoms. The fourth-order valence-electron chi connectivity index (χ4n) is 2.34. The van der Waals surface area contributed by atoms with Crippen molar-refractivity contribution >= 4 is 22.4 Å². The second kappa shape index (κ2) is 5.37. The summed E-state index contributed by atoms with van der Waals surface area (Å²) in [6.07, 6.45) is 0. The number of carbonyl (C=O) groups excluding carboxylic acids is 1. The predicted octanol–water partition coefficient (Wildman–Crippen LogP) is 4.54. The fraction of sp³-hybridized carbons (Fsp3) is 0.0556. The van der Waals surface area contributed by atoms with Gasteiger partial charge < -0.3 is 5.32 Å². The first-order chi connectivity index (χ1) is 10.1. The number of halogens is 1. The monoisotopic (exact) mass is 279 g/mol. The van der Waals surface area contributed by atoms with Gasteiger partial charge in [-0.2, -0.15) is 0 Å². The van der Waals surface area contributed by atoms with Crippen LogP contribution in [0.5, 0.6) is 0 Å². The highest BCUT2D eigenvalue weighted by atomic mass is 19.1. The summed E-state index contributed by atoms with van der Waals surface area (Å²) in [5, 5.41) is 4.73. The molecule has 0 saturated heterocycles. The molecule has 21 heavy (non-hydrogen) atoms. The van der Waals surface area contributed by atoms with Crippen LogP contribution < -0.4 is 5.32 Å². The second-order valence-electron chi connectivity index (χ2n) is 4.94. The van der Waals surface area contributed by atoms with Gasteiger partial charge in [-0.3, -0.25) is 4.79 Å². The van der Waals surface area contributed by atoms with E-state index < -0.39 is 0 Å². The molecule has 1 N–H and O–H groups in total. The Bertz CT molecular complexity index is 821. The van der Waals surface area contributed by atoms with Crippen molar-refractivity contribution in [2.45, 2.75) is 6.92 Å². The highest BCUT2D eigenvalue weighted by Crippen LogP contribution is 2.20. The summed E-state index contributed by atoms with van der Waals surface area (Å²) in [5.41, 5.74) is 1.70. The Kier molecular flexibility index (Phi) is 3.40. The van der Waals surface area contributed by atoms with E-state index in [2.05, 4.69) is 5.32 Å². The third-order valence-electron chi connectivity index (χ3n) is 3.45. The minimum Gasteiger partial charge on any atom is -0.322 e. The van der Waals surface area contributed by atoms with Crippen molar-refractivity contribution in [3.05, 3.63) is 77.6 Å². The SMILES string of the molecule is Cc1cc(NC(=O)c2cccc3ccccc23)ccc1F. The highest BCUT2D eigenvalue weighted by Gasteiger charge is 2.10. The lowest BCUT2D eigenvalue weighted by atomic mass is 10.0. The van der Waals surface area contributed by atoms with Crippen LogP contribution in [-0.2, 0) is 0 Å². The maximum atomic E-state index is 13.3. The zero-order valence-electron chi connectivity index (χ0n) is 11.6. The van der Waals surface area contributed by atoms with Crippen molar-refractivity contribution in [3.63, 3.8) is 0 Å². The molecule has 0 saturated carbocycles. The number of carbonyl (C=O) groups is 1. The lowest BCUT2D eigenvalue weighted by Crippen LogP contribution is -2.12. The van der Waals surface area contributed by atoms with Crippen LogP contribution >= 0.6 is 0 Å². The molecule has 0 aliphatic carbocycles. The summed E-state index contributed by atoms with van der Waals surface area (Å²) in [6.45, 7) is 1.67. The van der Waals surface area contributed by atoms with Crippen LogP contribution in [0.1, 0.15) is 15.9 Å². The van der Waals surface area contributed by atoms with E-state index in [0.717, 1.165) is 10.8 Å². The van der Waals surface area contributed by atoms with Gasteiger partial charge in [0.15, 0.2) is 0 Å². The first kappa shape index (κ1) is 13.3. The van der Waals surface area contributed by atoms with Crippen LogP contribution in [0.25, 0.3) is 10.8 Å². The number of aryl methyl sites for hydroxylation is 1. The average Bonchev–Trinajstić information content (AvgIpc) is 2.50. The van der Waals surface area contributed by atoms with Gasteiger partial charge >= 0.3 is 0 Å². The van der Waals surface area contributed by atoms with Crippen LogP contribution in [-0.4, -0.2) is 5.91 Å². The summed E-state index contributed by atoms with van der Waals surface area (Å²) in [6, 6.07) is 17.9. The molecule has 0 aromatic heterocycles. The Morgan fingerprint density at radius 2 is 1.76 bits per heavy atom. The van der Waals surface area contributed by atoms with E-state index in [9.17, 15) is 9.18 Å². The van der Waals surface area contributed by atoms with E-state index in [1.165, 1.54) is 6.07 Å². The molecule has 1 amide bonds. The molecule has 3 rings (SSSR count). The molecule has 0 spiro atoms. The minimum atomic E-state index is -0.279. The molecule has 0 radical (unpaired) electrons. The lowest BCUT2D eigenvalue weighted by Gasteiger charge is -2.09. The standard InChI is InChI=1S/C18H14FNO/c1-12-11-14(9-10-17(12)19)20-18(21)16-8-4-6-13-5-2-3-7-15(13)16/h2-11H,1H3,(H,20,21). The number of hydrogen-bond donors (Lipinski definition) is 1. The number of anilines is 1. The van der Waals surface area contributed by atoms with Crippen molar-refractivity contribution < 1.29 is 9.18 Å². The van der Waals surface area contributed by atoms with Crippen molar-refractivity contribution in [3.8, 4) is 0 Å². The Morgan fingerprint density at radius 3 is 2.57 bits per heavy atom. The second-order valence-corrected chi connectivity index (χ2v) is 4.94. The van der Waals surface area contributed by atoms with Gasteiger partial charge in [-0.1, -0.05) is 36.4 Å². The van der Waals surface area contributed by atoms with Gasteiger partial charge in [0, 0.05) is 11.3 Å². The third kappa shape index (κ3) is 2.63. The Labute approximate surface area is 122 Å². The zero-order chi connectivity index (χ0) is 14.8. The van der Waals surface area contributed by atoms with Gasteiger partial charge in [-0.25, -0.2) is 4.39 Å². The maximum absolute atomic E-state index is 13.3. The molecule has 3 aromatic rings. The van der Waals surface area contributed by atoms with Gasteiger partial charge in [0.2, 0.25) is 0 Å². The maximum Gasteiger partial charge on any atom is 0.256 e. The molecule has 3 aromatic carbocycles. The third-order valence-corrected chi connectivity index (χ3v) is 3.45. The van der Waals surface area contributed by atoms with Crippen LogP contribution in [0.15, 0.2) is 60.7 Å². The molecule has 2 nitrogen and oxygen atoms in total. The van der Waals surface area contributed by atoms with Crippen molar-refractivity contribution in [1.82, 2.24) is 0 Å². The quantitative estimate of drug-likeness (QED) is 0.733. The predicted molar refractivity (Wildman–Crippen MR) is 83.0 cm³/mol. The summed E-state index contributed by atoms with van der Waals surface area (Å²) in [4.78, 5) is 12.4. The fourth-order valence-corrected chi connectivity index (χ4v) is 2.34. The Hall–Kier alpha value is -2.68. The Morgan fingerprint density at radius 1 is 1.00 bits per heavy atom. The minimum absolute atomic E-state index is 0.196. The average molecular weight is 279 g/mol. The topological polar surface area (TPSA) is 29.1 Å². The van der Waals surface area contributed by atoms with Crippen molar-refractivity contribution in [1.29, 1.82) is 0 Å². The summed E-state index contributed by atoms with van der Waals surface area (Å²) < 4.78 is 13.3. The number of rotatable bonds is 2. The molecular weight excluding hydrogens is 265 g/mol. The number of benzene rings is 3. The van der Waals surface area contributed by atoms with E-state index in [4.69, 9.17) is 0 Å². The van der Waals surface area contributed by atoms with Gasteiger partial charge in [0.1, 0.15) is 5.82 Å². The summed E-state index contributed by atoms with van der Waals surface area (Å²) >= 11 is 0. The van der Waals surface area contributed by atoms with E-state index in [0.29, 0.717) is 16.8 Å². The van der Waals surface area contributed by atoms with Crippen LogP contribution in [0.4, 0.5) is 10.1 Å². The molecule has 0 unspecified atom stereocenters. The number of hydrogen-bond acceptors (Lipinski definition) is 1. The molecule has 0 fully saturated rings. The van der Waals surface area contributed by atoms with Gasteiger partial charge in [-0.15, -0.1) is 0 Å². The highest BCUT2D eigenvalue weighted by molar-refractivity contribution is 6.12. The van der Waals surface area contributed by atoms with E-state index >= 15 is 0 Å². The van der Waals surface area contributed by atoms with Crippen molar-refractivity contribution in [2.24, 2.45) is 0 Å². The van der Waals surface area contributed by atoms with Crippen LogP contribution in [0.3, 0.4) is 0 Å². The molecule has 0 atom stereocenters. The first-order valence-corrected chi connectivity index (χ1v) is 6.70. The van der Waals surface area contributed by atoms with Crippen molar-refractivity contribution in [2.75, 3.05) is 5.32 Å². The molecule has 0 aliphatic heterocycles. The lowest BCUT2D eigenvalue weighted by molar-refractivity contribution is 0.102. The zero-order valence-corrected chi connectivity index (χ0v) is 11.6. The molecular formula is C18H14FNO. The smallest absolute Gasteiger partial charge is 0.256 e. The molecule has 0 aliphatic rings. The van der Waals surface area contributed by atoms with E-state index in [1.807, 2.05) is 36.4 Å². The van der Waals surface area contributed by atoms with Crippen LogP contribution in [0, 0.1) is 12.7 Å². The number of nitrogens with one attached hydrogen (secondary N) is 1. The molecule has 3 heteroatoms. The summed E-state index contributed by atoms with van der Waals surface area (Å²) in [7, 11) is 0. The Balaban J connectivity index is 1.95. The van der Waals surface area contributed by atoms with Gasteiger partial charge in [0.25, 0.3) is 5.91 Å².